The number of amides is 2. The van der Waals surface area contributed by atoms with Crippen LogP contribution in [0.5, 0.6) is 0 Å². The lowest BCUT2D eigenvalue weighted by molar-refractivity contribution is -0.141. The number of nitrogens with one attached hydrogen (secondary N) is 6. The molecule has 10 rings (SSSR count). The second-order valence-electron chi connectivity index (χ2n) is 21.9. The van der Waals surface area contributed by atoms with Gasteiger partial charge in [-0.1, -0.05) is 30.3 Å². The number of anilines is 3. The number of halogens is 1. The molecule has 0 saturated carbocycles. The molecule has 0 spiro atoms. The minimum atomic E-state index is -0.929. The molecule has 2 fully saturated rings. The fourth-order valence-corrected chi connectivity index (χ4v) is 11.0. The van der Waals surface area contributed by atoms with E-state index in [2.05, 4.69) is 56.8 Å². The number of ether oxygens (including phenoxy) is 1. The Hall–Kier alpha value is -8.59. The number of carbonyl (C=O) groups is 5. The van der Waals surface area contributed by atoms with Crippen LogP contribution >= 0.6 is 12.4 Å². The van der Waals surface area contributed by atoms with E-state index in [0.29, 0.717) is 35.3 Å². The molecule has 2 aromatic heterocycles. The van der Waals surface area contributed by atoms with Crippen molar-refractivity contribution in [1.29, 1.82) is 0 Å². The standard InChI is InChI=1S/C27H35N5O3.C26H33N5O3.C11H13N3O2.ClH/c1-35-25(33)18-21(23-6-3-12-28-19-23)9-8-20-10-15-32(16-11-20)26(34)22-5-2-7-24(17-22)31-27-29-13-4-14-30-27;32-24(33)17-20(22-5-2-11-27-18-22)8-7-19-9-14-31(15-10-19)25(34)21-4-1-6-23(16-21)30-26-28-12-3-13-29-26;15-10(16)8-3-1-4-9(7-8)14-11-12-5-2-6-13-11;/h2-3,5-7,12,17,19-21H,4,8-11,13-16,18H2,1H3,(H2,29,30,31);1-2,4-6,11,16,18-20H,3,7-10,12-15,17H2,(H,32,33)(H2,28,29,30);1,3-4,7H,2,5-6H2,(H,15,16)(H2,12,13,14);1H. The number of aliphatic carboxylic acids is 1. The summed E-state index contributed by atoms with van der Waals surface area (Å²) in [5, 5.41) is 37.3. The third-order valence-corrected chi connectivity index (χ3v) is 15.8. The number of rotatable bonds is 18. The summed E-state index contributed by atoms with van der Waals surface area (Å²) in [7, 11) is 1.43. The number of guanidine groups is 3. The van der Waals surface area contributed by atoms with Crippen molar-refractivity contribution in [2.75, 3.05) is 88.5 Å². The second kappa shape index (κ2) is 34.4. The molecule has 7 heterocycles. The number of aliphatic imine (C=N–C) groups is 3. The van der Waals surface area contributed by atoms with E-state index in [4.69, 9.17) is 9.84 Å². The Labute approximate surface area is 509 Å². The summed E-state index contributed by atoms with van der Waals surface area (Å²) in [6.45, 7) is 8.09. The first-order valence-electron chi connectivity index (χ1n) is 29.8. The molecule has 2 atom stereocenters. The lowest BCUT2D eigenvalue weighted by atomic mass is 9.85. The quantitative estimate of drug-likeness (QED) is 0.0380. The van der Waals surface area contributed by atoms with Gasteiger partial charge in [0.1, 0.15) is 0 Å². The first-order valence-corrected chi connectivity index (χ1v) is 29.8. The van der Waals surface area contributed by atoms with Gasteiger partial charge in [0.2, 0.25) is 0 Å². The molecule has 5 aromatic rings. The predicted octanol–water partition coefficient (Wildman–Crippen LogP) is 9.12. The topological polar surface area (TPSA) is 277 Å². The van der Waals surface area contributed by atoms with Gasteiger partial charge in [-0.25, -0.2) is 4.79 Å². The highest BCUT2D eigenvalue weighted by Crippen LogP contribution is 2.33. The first-order chi connectivity index (χ1) is 41.5. The SMILES string of the molecule is COC(=O)CC(CCC1CCN(C(=O)c2cccc(NC3=NCCCN3)c2)CC1)c1cccnc1.Cl.O=C(O)CC(CCC1CCN(C(=O)c2cccc(NC3=NCCCN3)c2)CC1)c1cccnc1.O=C(O)c1cccc(NC2=NCCCN2)c1. The van der Waals surface area contributed by atoms with Crippen LogP contribution in [-0.4, -0.2) is 150 Å². The van der Waals surface area contributed by atoms with Gasteiger partial charge >= 0.3 is 17.9 Å². The summed E-state index contributed by atoms with van der Waals surface area (Å²) in [6, 6.07) is 29.6. The molecule has 458 valence electrons. The zero-order valence-electron chi connectivity index (χ0n) is 49.0. The fraction of sp³-hybridized carbons (Fsp3) is 0.438. The van der Waals surface area contributed by atoms with Gasteiger partial charge in [-0.3, -0.25) is 44.1 Å². The number of benzene rings is 3. The Morgan fingerprint density at radius 1 is 0.558 bits per heavy atom. The number of pyridine rings is 2. The predicted molar refractivity (Wildman–Crippen MR) is 338 cm³/mol. The average molecular weight is 1200 g/mol. The second-order valence-corrected chi connectivity index (χ2v) is 21.9. The maximum atomic E-state index is 13.2. The van der Waals surface area contributed by atoms with Gasteiger partial charge < -0.3 is 56.7 Å². The largest absolute Gasteiger partial charge is 0.481 e. The van der Waals surface area contributed by atoms with E-state index >= 15 is 0 Å². The number of methoxy groups -OCH3 is 1. The summed E-state index contributed by atoms with van der Waals surface area (Å²) in [4.78, 5) is 85.7. The molecule has 22 heteroatoms. The molecule has 5 aliphatic rings. The number of hydrogen-bond acceptors (Lipinski definition) is 17. The smallest absolute Gasteiger partial charge is 0.335 e. The van der Waals surface area contributed by atoms with Crippen LogP contribution in [-0.2, 0) is 14.3 Å². The summed E-state index contributed by atoms with van der Waals surface area (Å²) >= 11 is 0. The number of aromatic nitrogens is 2. The number of carbonyl (C=O) groups excluding carboxylic acids is 3. The van der Waals surface area contributed by atoms with E-state index < -0.39 is 11.9 Å². The van der Waals surface area contributed by atoms with Gasteiger partial charge in [-0.2, -0.15) is 0 Å². The summed E-state index contributed by atoms with van der Waals surface area (Å²) < 4.78 is 4.91. The Balaban J connectivity index is 0.000000195. The third kappa shape index (κ3) is 20.9. The van der Waals surface area contributed by atoms with Crippen molar-refractivity contribution in [3.63, 3.8) is 0 Å². The molecule has 2 saturated heterocycles. The van der Waals surface area contributed by atoms with E-state index in [1.54, 1.807) is 36.8 Å². The molecule has 8 N–H and O–H groups in total. The number of aromatic carboxylic acids is 1. The van der Waals surface area contributed by atoms with Crippen LogP contribution in [0.25, 0.3) is 0 Å². The van der Waals surface area contributed by atoms with Crippen LogP contribution in [0.2, 0.25) is 0 Å². The van der Waals surface area contributed by atoms with Crippen LogP contribution in [0.1, 0.15) is 138 Å². The van der Waals surface area contributed by atoms with E-state index in [1.807, 2.05) is 94.9 Å². The molecule has 86 heavy (non-hydrogen) atoms. The van der Waals surface area contributed by atoms with Crippen molar-refractivity contribution < 1.29 is 38.9 Å². The number of carboxylic acids is 2. The molecule has 0 aliphatic carbocycles. The fourth-order valence-electron chi connectivity index (χ4n) is 11.0. The molecule has 21 nitrogen and oxygen atoms in total. The van der Waals surface area contributed by atoms with E-state index in [-0.39, 0.29) is 54.0 Å². The minimum Gasteiger partial charge on any atom is -0.481 e. The average Bonchev–Trinajstić information content (AvgIpc) is 3.74. The van der Waals surface area contributed by atoms with Gasteiger partial charge in [-0.15, -0.1) is 12.4 Å². The van der Waals surface area contributed by atoms with Crippen molar-refractivity contribution in [2.45, 2.75) is 95.3 Å². The van der Waals surface area contributed by atoms with E-state index in [9.17, 15) is 29.1 Å². The zero-order valence-corrected chi connectivity index (χ0v) is 49.8. The number of nitrogens with zero attached hydrogens (tertiary/aromatic N) is 7. The molecular formula is C64H82ClN13O8. The molecule has 2 amide bonds. The number of piperidine rings is 2. The van der Waals surface area contributed by atoms with Crippen LogP contribution in [0, 0.1) is 11.8 Å². The summed E-state index contributed by atoms with van der Waals surface area (Å²) in [5.41, 5.74) is 6.15. The maximum absolute atomic E-state index is 13.2. The first kappa shape index (κ1) is 65.0. The normalized spacial score (nSPS) is 16.6. The highest BCUT2D eigenvalue weighted by molar-refractivity contribution is 6.00. The van der Waals surface area contributed by atoms with Gasteiger partial charge in [-0.05, 0) is 172 Å². The van der Waals surface area contributed by atoms with Gasteiger partial charge in [0.05, 0.1) is 25.5 Å². The third-order valence-electron chi connectivity index (χ3n) is 15.8. The minimum absolute atomic E-state index is 0. The van der Waals surface area contributed by atoms with Crippen LogP contribution < -0.4 is 31.9 Å². The number of carboxylic acid groups (broad SMARTS) is 2. The number of hydrogen-bond donors (Lipinski definition) is 8. The van der Waals surface area contributed by atoms with Crippen molar-refractivity contribution in [3.05, 3.63) is 150 Å². The molecular weight excluding hydrogens is 1110 g/mol. The lowest BCUT2D eigenvalue weighted by Gasteiger charge is -2.33. The van der Waals surface area contributed by atoms with Crippen molar-refractivity contribution in [2.24, 2.45) is 26.8 Å². The van der Waals surface area contributed by atoms with Crippen molar-refractivity contribution >= 4 is 77.1 Å². The van der Waals surface area contributed by atoms with Crippen molar-refractivity contribution in [3.8, 4) is 0 Å². The van der Waals surface area contributed by atoms with Crippen molar-refractivity contribution in [1.82, 2.24) is 35.7 Å². The van der Waals surface area contributed by atoms with E-state index in [0.717, 1.165) is 176 Å². The number of esters is 1. The lowest BCUT2D eigenvalue weighted by Crippen LogP contribution is -2.38. The maximum Gasteiger partial charge on any atom is 0.335 e. The molecule has 2 unspecified atom stereocenters. The Kier molecular flexibility index (Phi) is 26.0. The highest BCUT2D eigenvalue weighted by atomic mass is 35.5. The van der Waals surface area contributed by atoms with Gasteiger partial charge in [0.25, 0.3) is 11.8 Å². The van der Waals surface area contributed by atoms with Crippen LogP contribution in [0.4, 0.5) is 17.1 Å². The van der Waals surface area contributed by atoms with E-state index in [1.165, 1.54) is 7.11 Å². The summed E-state index contributed by atoms with van der Waals surface area (Å²) in [6.07, 6.45) is 18.2. The molecule has 5 aliphatic heterocycles. The van der Waals surface area contributed by atoms with Gasteiger partial charge in [0.15, 0.2) is 17.9 Å². The molecule has 3 aromatic carbocycles. The number of likely N-dealkylation sites (tertiary alicyclic amines) is 2. The Bertz CT molecular complexity index is 3080. The van der Waals surface area contributed by atoms with Gasteiger partial charge in [0, 0.05) is 118 Å². The van der Waals surface area contributed by atoms with Crippen LogP contribution in [0.3, 0.4) is 0 Å². The zero-order chi connectivity index (χ0) is 59.6. The highest BCUT2D eigenvalue weighted by Gasteiger charge is 2.28. The van der Waals surface area contributed by atoms with Crippen LogP contribution in [0.15, 0.2) is 137 Å². The molecule has 0 radical (unpaired) electrons. The molecule has 0 bridgehead atoms. The Morgan fingerprint density at radius 2 is 0.953 bits per heavy atom. The summed E-state index contributed by atoms with van der Waals surface area (Å²) in [5.74, 6) is 1.57. The Morgan fingerprint density at radius 3 is 1.30 bits per heavy atom. The monoisotopic (exact) mass is 1200 g/mol.